The highest BCUT2D eigenvalue weighted by molar-refractivity contribution is 5.78. The molecule has 1 aromatic carbocycles. The van der Waals surface area contributed by atoms with Crippen LogP contribution in [0.5, 0.6) is 5.75 Å². The minimum Gasteiger partial charge on any atom is -0.497 e. The van der Waals surface area contributed by atoms with Crippen LogP contribution >= 0.6 is 0 Å². The van der Waals surface area contributed by atoms with Crippen molar-refractivity contribution < 1.29 is 14.6 Å². The highest BCUT2D eigenvalue weighted by Gasteiger charge is 2.28. The minimum absolute atomic E-state index is 0.122. The van der Waals surface area contributed by atoms with Gasteiger partial charge >= 0.3 is 0 Å². The summed E-state index contributed by atoms with van der Waals surface area (Å²) in [6.07, 6.45) is 4.34. The summed E-state index contributed by atoms with van der Waals surface area (Å²) in [7, 11) is 3.55. The molecule has 1 amide bonds. The topological polar surface area (TPSA) is 53.0 Å². The molecule has 5 nitrogen and oxygen atoms in total. The second-order valence-electron chi connectivity index (χ2n) is 7.71. The fourth-order valence-corrected chi connectivity index (χ4v) is 3.62. The average Bonchev–Trinajstić information content (AvgIpc) is 2.79. The Bertz CT molecular complexity index is 551. The lowest BCUT2D eigenvalue weighted by Gasteiger charge is -2.33. The summed E-state index contributed by atoms with van der Waals surface area (Å²) in [6, 6.07) is 8.18. The monoisotopic (exact) mass is 348 g/mol. The van der Waals surface area contributed by atoms with E-state index in [-0.39, 0.29) is 11.9 Å². The Balaban J connectivity index is 2.11. The number of benzene rings is 1. The summed E-state index contributed by atoms with van der Waals surface area (Å²) in [5.74, 6) is 0.967. The summed E-state index contributed by atoms with van der Waals surface area (Å²) in [4.78, 5) is 16.9. The lowest BCUT2D eigenvalue weighted by molar-refractivity contribution is -0.135. The first kappa shape index (κ1) is 19.7. The van der Waals surface area contributed by atoms with Gasteiger partial charge in [-0.3, -0.25) is 9.69 Å². The summed E-state index contributed by atoms with van der Waals surface area (Å²) in [6.45, 7) is 5.13. The number of nitrogens with zero attached hydrogens (tertiary/aromatic N) is 2. The fraction of sp³-hybridized carbons (Fsp3) is 0.650. The van der Waals surface area contributed by atoms with Crippen LogP contribution in [0.4, 0.5) is 0 Å². The van der Waals surface area contributed by atoms with Crippen molar-refractivity contribution in [1.82, 2.24) is 9.80 Å². The third kappa shape index (κ3) is 6.01. The van der Waals surface area contributed by atoms with Crippen molar-refractivity contribution in [2.45, 2.75) is 51.2 Å². The summed E-state index contributed by atoms with van der Waals surface area (Å²) in [5.41, 5.74) is 0.365. The van der Waals surface area contributed by atoms with Gasteiger partial charge in [-0.15, -0.1) is 0 Å². The van der Waals surface area contributed by atoms with Crippen LogP contribution < -0.4 is 4.74 Å². The van der Waals surface area contributed by atoms with Gasteiger partial charge in [0.2, 0.25) is 5.91 Å². The molecule has 25 heavy (non-hydrogen) atoms. The Kier molecular flexibility index (Phi) is 6.85. The summed E-state index contributed by atoms with van der Waals surface area (Å²) < 4.78 is 5.24. The molecule has 1 N–H and O–H groups in total. The van der Waals surface area contributed by atoms with Crippen LogP contribution in [0.1, 0.15) is 51.1 Å². The zero-order valence-electron chi connectivity index (χ0n) is 16.0. The molecule has 0 aromatic heterocycles. The predicted molar refractivity (Wildman–Crippen MR) is 99.7 cm³/mol. The molecular weight excluding hydrogens is 316 g/mol. The van der Waals surface area contributed by atoms with Gasteiger partial charge in [0.1, 0.15) is 5.75 Å². The van der Waals surface area contributed by atoms with E-state index in [0.717, 1.165) is 38.0 Å². The largest absolute Gasteiger partial charge is 0.497 e. The Morgan fingerprint density at radius 3 is 2.56 bits per heavy atom. The number of amides is 1. The van der Waals surface area contributed by atoms with Crippen LogP contribution in [-0.2, 0) is 4.79 Å². The van der Waals surface area contributed by atoms with Crippen molar-refractivity contribution in [3.8, 4) is 5.75 Å². The SMILES string of the molecule is COc1ccc(C2CCCCCN2C(=O)CN(C)CC(C)(C)O)cc1. The van der Waals surface area contributed by atoms with Crippen LogP contribution in [-0.4, -0.2) is 60.2 Å². The van der Waals surface area contributed by atoms with E-state index in [2.05, 4.69) is 12.1 Å². The molecule has 0 bridgehead atoms. The number of likely N-dealkylation sites (N-methyl/N-ethyl adjacent to an activating group) is 1. The molecule has 1 aliphatic heterocycles. The summed E-state index contributed by atoms with van der Waals surface area (Å²) >= 11 is 0. The maximum atomic E-state index is 12.9. The summed E-state index contributed by atoms with van der Waals surface area (Å²) in [5, 5.41) is 9.96. The lowest BCUT2D eigenvalue weighted by Crippen LogP contribution is -2.44. The van der Waals surface area contributed by atoms with E-state index < -0.39 is 5.60 Å². The molecule has 140 valence electrons. The first-order chi connectivity index (χ1) is 11.8. The predicted octanol–water partition coefficient (Wildman–Crippen LogP) is 2.84. The van der Waals surface area contributed by atoms with Crippen molar-refractivity contribution in [3.63, 3.8) is 0 Å². The quantitative estimate of drug-likeness (QED) is 0.859. The normalized spacial score (nSPS) is 19.0. The van der Waals surface area contributed by atoms with Gasteiger partial charge in [-0.25, -0.2) is 0 Å². The molecule has 1 unspecified atom stereocenters. The fourth-order valence-electron chi connectivity index (χ4n) is 3.62. The van der Waals surface area contributed by atoms with Gasteiger partial charge < -0.3 is 14.7 Å². The molecule has 0 saturated carbocycles. The molecule has 5 heteroatoms. The number of aliphatic hydroxyl groups is 1. The number of ether oxygens (including phenoxy) is 1. The molecule has 1 aromatic rings. The van der Waals surface area contributed by atoms with E-state index >= 15 is 0 Å². The first-order valence-electron chi connectivity index (χ1n) is 9.14. The number of rotatable bonds is 6. The zero-order valence-corrected chi connectivity index (χ0v) is 16.0. The molecule has 0 radical (unpaired) electrons. The molecule has 0 aliphatic carbocycles. The third-order valence-electron chi connectivity index (χ3n) is 4.64. The van der Waals surface area contributed by atoms with Gasteiger partial charge in [0.05, 0.1) is 25.3 Å². The molecule has 1 saturated heterocycles. The van der Waals surface area contributed by atoms with Crippen molar-refractivity contribution in [3.05, 3.63) is 29.8 Å². The number of hydrogen-bond donors (Lipinski definition) is 1. The molecular formula is C20H32N2O3. The van der Waals surface area contributed by atoms with Gasteiger partial charge in [0.25, 0.3) is 0 Å². The number of carbonyl (C=O) groups excluding carboxylic acids is 1. The van der Waals surface area contributed by atoms with Crippen LogP contribution in [0.3, 0.4) is 0 Å². The molecule has 1 heterocycles. The molecule has 1 fully saturated rings. The highest BCUT2D eigenvalue weighted by atomic mass is 16.5. The zero-order chi connectivity index (χ0) is 18.4. The van der Waals surface area contributed by atoms with E-state index in [9.17, 15) is 9.90 Å². The third-order valence-corrected chi connectivity index (χ3v) is 4.64. The van der Waals surface area contributed by atoms with Crippen molar-refractivity contribution in [2.75, 3.05) is 33.8 Å². The van der Waals surface area contributed by atoms with Crippen molar-refractivity contribution in [1.29, 1.82) is 0 Å². The van der Waals surface area contributed by atoms with Crippen molar-refractivity contribution >= 4 is 5.91 Å². The van der Waals surface area contributed by atoms with Crippen molar-refractivity contribution in [2.24, 2.45) is 0 Å². The molecule has 1 aliphatic rings. The number of carbonyl (C=O) groups is 1. The van der Waals surface area contributed by atoms with Crippen LogP contribution in [0.2, 0.25) is 0 Å². The first-order valence-corrected chi connectivity index (χ1v) is 9.14. The van der Waals surface area contributed by atoms with E-state index in [4.69, 9.17) is 4.74 Å². The second kappa shape index (κ2) is 8.68. The van der Waals surface area contributed by atoms with E-state index in [1.165, 1.54) is 5.56 Å². The van der Waals surface area contributed by atoms with E-state index in [0.29, 0.717) is 13.1 Å². The average molecular weight is 348 g/mol. The number of hydrogen-bond acceptors (Lipinski definition) is 4. The van der Waals surface area contributed by atoms with Gasteiger partial charge in [-0.2, -0.15) is 0 Å². The van der Waals surface area contributed by atoms with Gasteiger partial charge in [0, 0.05) is 13.1 Å². The number of methoxy groups -OCH3 is 1. The van der Waals surface area contributed by atoms with E-state index in [1.807, 2.05) is 29.0 Å². The van der Waals surface area contributed by atoms with E-state index in [1.54, 1.807) is 21.0 Å². The maximum absolute atomic E-state index is 12.9. The Morgan fingerprint density at radius 2 is 1.96 bits per heavy atom. The maximum Gasteiger partial charge on any atom is 0.237 e. The Hall–Kier alpha value is -1.59. The minimum atomic E-state index is -0.802. The molecule has 2 rings (SSSR count). The smallest absolute Gasteiger partial charge is 0.237 e. The van der Waals surface area contributed by atoms with Crippen LogP contribution in [0, 0.1) is 0 Å². The Morgan fingerprint density at radius 1 is 1.28 bits per heavy atom. The number of likely N-dealkylation sites (tertiary alicyclic amines) is 1. The highest BCUT2D eigenvalue weighted by Crippen LogP contribution is 2.31. The van der Waals surface area contributed by atoms with Gasteiger partial charge in [-0.1, -0.05) is 25.0 Å². The lowest BCUT2D eigenvalue weighted by atomic mass is 10.0. The van der Waals surface area contributed by atoms with Gasteiger partial charge in [-0.05, 0) is 51.4 Å². The molecule has 0 spiro atoms. The molecule has 1 atom stereocenters. The second-order valence-corrected chi connectivity index (χ2v) is 7.71. The van der Waals surface area contributed by atoms with Crippen LogP contribution in [0.25, 0.3) is 0 Å². The Labute approximate surface area is 151 Å². The van der Waals surface area contributed by atoms with Crippen LogP contribution in [0.15, 0.2) is 24.3 Å². The van der Waals surface area contributed by atoms with Gasteiger partial charge in [0.15, 0.2) is 0 Å². The standard InChI is InChI=1S/C20H32N2O3/c1-20(2,24)15-21(3)14-19(23)22-13-7-5-6-8-18(22)16-9-11-17(25-4)12-10-16/h9-12,18,24H,5-8,13-15H2,1-4H3.